The monoisotopic (exact) mass is 411 g/mol. The van der Waals surface area contributed by atoms with E-state index in [0.29, 0.717) is 27.6 Å². The molecule has 0 unspecified atom stereocenters. The zero-order chi connectivity index (χ0) is 19.7. The lowest BCUT2D eigenvalue weighted by molar-refractivity contribution is -0.384. The quantitative estimate of drug-likeness (QED) is 0.296. The summed E-state index contributed by atoms with van der Waals surface area (Å²) < 4.78 is 5.75. The van der Waals surface area contributed by atoms with Crippen LogP contribution < -0.4 is 0 Å². The first-order chi connectivity index (χ1) is 13.6. The van der Waals surface area contributed by atoms with Gasteiger partial charge in [0.05, 0.1) is 16.7 Å². The third-order valence-corrected chi connectivity index (χ3v) is 6.15. The van der Waals surface area contributed by atoms with Crippen molar-refractivity contribution in [1.29, 1.82) is 5.26 Å². The van der Waals surface area contributed by atoms with E-state index in [1.54, 1.807) is 35.8 Å². The zero-order valence-electron chi connectivity index (χ0n) is 14.6. The normalized spacial score (nSPS) is 13.4. The van der Waals surface area contributed by atoms with Crippen molar-refractivity contribution in [2.24, 2.45) is 4.99 Å². The number of aryl methyl sites for hydroxylation is 1. The summed E-state index contributed by atoms with van der Waals surface area (Å²) in [6, 6.07) is 10.3. The number of nitriles is 1. The molecule has 0 spiro atoms. The fourth-order valence-corrected chi connectivity index (χ4v) is 4.63. The van der Waals surface area contributed by atoms with E-state index in [4.69, 9.17) is 16.0 Å². The minimum Gasteiger partial charge on any atom is -0.455 e. The van der Waals surface area contributed by atoms with Gasteiger partial charge in [0.1, 0.15) is 27.6 Å². The lowest BCUT2D eigenvalue weighted by Crippen LogP contribution is -1.99. The van der Waals surface area contributed by atoms with Crippen molar-refractivity contribution in [1.82, 2.24) is 0 Å². The Morgan fingerprint density at radius 2 is 2.11 bits per heavy atom. The third-order valence-electron chi connectivity index (χ3n) is 4.63. The predicted molar refractivity (Wildman–Crippen MR) is 109 cm³/mol. The molecule has 0 aliphatic heterocycles. The van der Waals surface area contributed by atoms with Crippen molar-refractivity contribution < 1.29 is 9.34 Å². The summed E-state index contributed by atoms with van der Waals surface area (Å²) in [6.07, 6.45) is 5.77. The second-order valence-electron chi connectivity index (χ2n) is 6.39. The summed E-state index contributed by atoms with van der Waals surface area (Å²) in [6.45, 7) is 0. The van der Waals surface area contributed by atoms with Crippen LogP contribution in [0.25, 0.3) is 11.3 Å². The summed E-state index contributed by atoms with van der Waals surface area (Å²) in [5.41, 5.74) is 2.18. The second kappa shape index (κ2) is 7.58. The first kappa shape index (κ1) is 18.4. The van der Waals surface area contributed by atoms with Crippen LogP contribution in [0.15, 0.2) is 39.7 Å². The van der Waals surface area contributed by atoms with Crippen LogP contribution >= 0.6 is 22.9 Å². The number of hydrogen-bond acceptors (Lipinski definition) is 6. The van der Waals surface area contributed by atoms with Crippen LogP contribution in [0.4, 0.5) is 10.7 Å². The smallest absolute Gasteiger partial charge is 0.288 e. The Morgan fingerprint density at radius 3 is 2.89 bits per heavy atom. The Kier molecular flexibility index (Phi) is 4.99. The first-order valence-electron chi connectivity index (χ1n) is 8.69. The number of hydrogen-bond donors (Lipinski definition) is 0. The van der Waals surface area contributed by atoms with E-state index in [0.717, 1.165) is 31.2 Å². The molecule has 0 amide bonds. The second-order valence-corrected chi connectivity index (χ2v) is 7.88. The fraction of sp³-hybridized carbons (Fsp3) is 0.200. The van der Waals surface area contributed by atoms with Crippen molar-refractivity contribution in [3.63, 3.8) is 0 Å². The number of nitro groups is 1. The highest BCUT2D eigenvalue weighted by Crippen LogP contribution is 2.39. The summed E-state index contributed by atoms with van der Waals surface area (Å²) >= 11 is 7.42. The van der Waals surface area contributed by atoms with Crippen molar-refractivity contribution in [3.05, 3.63) is 67.2 Å². The number of nitro benzene ring substituents is 1. The molecule has 0 bridgehead atoms. The fourth-order valence-electron chi connectivity index (χ4n) is 3.26. The lowest BCUT2D eigenvalue weighted by Gasteiger charge is -2.09. The highest BCUT2D eigenvalue weighted by Gasteiger charge is 2.20. The molecule has 1 aliphatic carbocycles. The molecule has 0 saturated heterocycles. The highest BCUT2D eigenvalue weighted by molar-refractivity contribution is 7.16. The van der Waals surface area contributed by atoms with Gasteiger partial charge in [0.15, 0.2) is 0 Å². The van der Waals surface area contributed by atoms with Crippen molar-refractivity contribution >= 4 is 39.8 Å². The van der Waals surface area contributed by atoms with Crippen LogP contribution in [0.1, 0.15) is 34.6 Å². The Balaban J connectivity index is 1.61. The molecule has 28 heavy (non-hydrogen) atoms. The van der Waals surface area contributed by atoms with Crippen molar-refractivity contribution in [2.45, 2.75) is 25.7 Å². The van der Waals surface area contributed by atoms with Gasteiger partial charge >= 0.3 is 0 Å². The van der Waals surface area contributed by atoms with Crippen LogP contribution in [-0.2, 0) is 12.8 Å². The van der Waals surface area contributed by atoms with Crippen LogP contribution in [-0.4, -0.2) is 11.1 Å². The SMILES string of the molecule is N#Cc1c(/N=C/c2ccc(-c3ccc(Cl)c([N+](=O)[O-])c3)o2)sc2c1CCCC2. The van der Waals surface area contributed by atoms with Gasteiger partial charge in [-0.3, -0.25) is 10.1 Å². The van der Waals surface area contributed by atoms with Crippen molar-refractivity contribution in [2.75, 3.05) is 0 Å². The molecule has 1 aromatic carbocycles. The molecule has 2 heterocycles. The molecule has 140 valence electrons. The van der Waals surface area contributed by atoms with Gasteiger partial charge in [-0.2, -0.15) is 5.26 Å². The van der Waals surface area contributed by atoms with Gasteiger partial charge in [0.25, 0.3) is 5.69 Å². The molecule has 0 fully saturated rings. The van der Waals surface area contributed by atoms with Gasteiger partial charge in [-0.25, -0.2) is 4.99 Å². The van der Waals surface area contributed by atoms with Gasteiger partial charge in [-0.1, -0.05) is 11.6 Å². The molecular formula is C20H14ClN3O3S. The number of thiophene rings is 1. The maximum atomic E-state index is 11.1. The number of furan rings is 1. The average molecular weight is 412 g/mol. The van der Waals surface area contributed by atoms with Gasteiger partial charge < -0.3 is 4.42 Å². The van der Waals surface area contributed by atoms with Gasteiger partial charge in [0.2, 0.25) is 0 Å². The lowest BCUT2D eigenvalue weighted by atomic mass is 9.96. The van der Waals surface area contributed by atoms with Crippen LogP contribution in [0.3, 0.4) is 0 Å². The van der Waals surface area contributed by atoms with Gasteiger partial charge in [-0.15, -0.1) is 11.3 Å². The van der Waals surface area contributed by atoms with E-state index in [2.05, 4.69) is 11.1 Å². The number of halogens is 1. The summed E-state index contributed by atoms with van der Waals surface area (Å²) in [4.78, 5) is 16.2. The summed E-state index contributed by atoms with van der Waals surface area (Å²) in [7, 11) is 0. The Morgan fingerprint density at radius 1 is 1.29 bits per heavy atom. The molecule has 0 atom stereocenters. The standard InChI is InChI=1S/C20H14ClN3O3S/c21-16-7-5-12(9-17(16)24(25)26)18-8-6-13(27-18)11-23-20-15(10-22)14-3-1-2-4-19(14)28-20/h5-9,11H,1-4H2/b23-11+. The summed E-state index contributed by atoms with van der Waals surface area (Å²) in [5.74, 6) is 0.982. The minimum absolute atomic E-state index is 0.0767. The largest absolute Gasteiger partial charge is 0.455 e. The Labute approximate surface area is 169 Å². The molecule has 2 aromatic heterocycles. The van der Waals surface area contributed by atoms with E-state index >= 15 is 0 Å². The predicted octanol–water partition coefficient (Wildman–Crippen LogP) is 6.07. The highest BCUT2D eigenvalue weighted by atomic mass is 35.5. The topological polar surface area (TPSA) is 92.4 Å². The number of aliphatic imine (C=N–C) groups is 1. The van der Waals surface area contributed by atoms with Crippen LogP contribution in [0.2, 0.25) is 5.02 Å². The van der Waals surface area contributed by atoms with Crippen molar-refractivity contribution in [3.8, 4) is 17.4 Å². The van der Waals surface area contributed by atoms with Crippen LogP contribution in [0.5, 0.6) is 0 Å². The number of fused-ring (bicyclic) bond motifs is 1. The molecule has 0 N–H and O–H groups in total. The van der Waals surface area contributed by atoms with Gasteiger partial charge in [-0.05, 0) is 55.5 Å². The van der Waals surface area contributed by atoms with E-state index in [9.17, 15) is 15.4 Å². The minimum atomic E-state index is -0.529. The molecule has 1 aliphatic rings. The maximum Gasteiger partial charge on any atom is 0.288 e. The molecule has 6 nitrogen and oxygen atoms in total. The zero-order valence-corrected chi connectivity index (χ0v) is 16.2. The third kappa shape index (κ3) is 3.44. The van der Waals surface area contributed by atoms with E-state index < -0.39 is 4.92 Å². The van der Waals surface area contributed by atoms with E-state index in [-0.39, 0.29) is 10.7 Å². The molecular weight excluding hydrogens is 398 g/mol. The van der Waals surface area contributed by atoms with E-state index in [1.165, 1.54) is 17.0 Å². The average Bonchev–Trinajstić information content (AvgIpc) is 3.30. The molecule has 3 aromatic rings. The maximum absolute atomic E-state index is 11.1. The molecule has 0 radical (unpaired) electrons. The number of nitrogens with zero attached hydrogens (tertiary/aromatic N) is 3. The molecule has 4 rings (SSSR count). The number of rotatable bonds is 4. The Hall–Kier alpha value is -2.95. The van der Waals surface area contributed by atoms with E-state index in [1.807, 2.05) is 0 Å². The van der Waals surface area contributed by atoms with Gasteiger partial charge in [0, 0.05) is 16.5 Å². The number of benzene rings is 1. The molecule has 0 saturated carbocycles. The first-order valence-corrected chi connectivity index (χ1v) is 9.89. The molecule has 8 heteroatoms. The van der Waals surface area contributed by atoms with Crippen LogP contribution in [0, 0.1) is 21.4 Å². The summed E-state index contributed by atoms with van der Waals surface area (Å²) in [5, 5.41) is 21.3. The Bertz CT molecular complexity index is 1140.